The molecule has 2 N–H and O–H groups in total. The van der Waals surface area contributed by atoms with Crippen LogP contribution in [0.5, 0.6) is 0 Å². The van der Waals surface area contributed by atoms with Crippen molar-refractivity contribution in [1.29, 1.82) is 0 Å². The molecule has 258 valence electrons. The molecular formula is C37H29F5N2O5S. The molecule has 13 heteroatoms. The van der Waals surface area contributed by atoms with E-state index in [1.807, 2.05) is 36.4 Å². The Balaban J connectivity index is 1.20. The van der Waals surface area contributed by atoms with Gasteiger partial charge in [0.2, 0.25) is 5.82 Å². The number of nitrogens with one attached hydrogen (secondary N) is 1. The summed E-state index contributed by atoms with van der Waals surface area (Å²) < 4.78 is 82.8. The summed E-state index contributed by atoms with van der Waals surface area (Å²) in [4.78, 5) is 12.6. The highest BCUT2D eigenvalue weighted by Crippen LogP contribution is 2.40. The van der Waals surface area contributed by atoms with Crippen molar-refractivity contribution in [2.45, 2.75) is 43.1 Å². The number of ether oxygens (including phenoxy) is 2. The number of amides is 1. The van der Waals surface area contributed by atoms with Crippen molar-refractivity contribution in [3.05, 3.63) is 159 Å². The maximum atomic E-state index is 14.2. The summed E-state index contributed by atoms with van der Waals surface area (Å²) in [5, 5.41) is 24.5. The number of aliphatic hydroxyl groups excluding tert-OH is 1. The summed E-state index contributed by atoms with van der Waals surface area (Å²) in [5.41, 5.74) is 2.68. The van der Waals surface area contributed by atoms with Gasteiger partial charge in [-0.2, -0.15) is 4.73 Å². The molecule has 1 aromatic heterocycles. The number of hydrogen-bond acceptors (Lipinski definition) is 6. The van der Waals surface area contributed by atoms with Crippen molar-refractivity contribution in [3.63, 3.8) is 0 Å². The molecule has 50 heavy (non-hydrogen) atoms. The fraction of sp³-hybridized carbons (Fsp3) is 0.189. The SMILES string of the molecule is O=C(NCc1ccccc1-c1ccc([C@H]2O[C@@H](CSc3cccc[n+]3[O-])C[C@@H](c3ccc(CO)cc3)O2)cc1)c1c(F)c(F)c(F)c(F)c1F. The second kappa shape index (κ2) is 15.4. The van der Waals surface area contributed by atoms with E-state index in [-0.39, 0.29) is 25.4 Å². The van der Waals surface area contributed by atoms with Crippen LogP contribution in [0.1, 0.15) is 51.4 Å². The number of halogens is 5. The number of rotatable bonds is 10. The van der Waals surface area contributed by atoms with Gasteiger partial charge in [-0.25, -0.2) is 22.0 Å². The molecule has 4 aromatic carbocycles. The zero-order valence-corrected chi connectivity index (χ0v) is 26.9. The Kier molecular flexibility index (Phi) is 10.8. The third-order valence-corrected chi connectivity index (χ3v) is 9.36. The van der Waals surface area contributed by atoms with E-state index >= 15 is 0 Å². The van der Waals surface area contributed by atoms with Crippen LogP contribution in [0.2, 0.25) is 0 Å². The Morgan fingerprint density at radius 1 is 0.820 bits per heavy atom. The molecule has 0 saturated carbocycles. The van der Waals surface area contributed by atoms with E-state index in [0.29, 0.717) is 39.5 Å². The van der Waals surface area contributed by atoms with Gasteiger partial charge in [-0.3, -0.25) is 4.79 Å². The number of carbonyl (C=O) groups is 1. The standard InChI is InChI=1S/C37H29F5N2O5S/c38-31-30(32(39)34(41)35(42)33(31)40)36(46)43-18-25-5-1-2-6-27(25)22-12-14-24(15-13-22)37-48-26(20-50-29-7-3-4-16-44(29)47)17-28(49-37)23-10-8-21(19-45)9-11-23/h1-16,26,28,37,45H,17-20H2,(H,43,46)/t26-,28+,37+/m1/s1. The van der Waals surface area contributed by atoms with Crippen LogP contribution in [0.15, 0.2) is 102 Å². The molecule has 0 radical (unpaired) electrons. The van der Waals surface area contributed by atoms with Gasteiger partial charge in [0.25, 0.3) is 10.9 Å². The van der Waals surface area contributed by atoms with Crippen LogP contribution in [-0.4, -0.2) is 22.9 Å². The predicted octanol–water partition coefficient (Wildman–Crippen LogP) is 7.44. The average Bonchev–Trinajstić information content (AvgIpc) is 3.15. The van der Waals surface area contributed by atoms with Gasteiger partial charge in [0, 0.05) is 36.4 Å². The van der Waals surface area contributed by atoms with Crippen molar-refractivity contribution < 1.29 is 46.1 Å². The smallest absolute Gasteiger partial charge is 0.257 e. The predicted molar refractivity (Wildman–Crippen MR) is 174 cm³/mol. The number of nitrogens with zero attached hydrogens (tertiary/aromatic N) is 1. The molecule has 1 saturated heterocycles. The maximum absolute atomic E-state index is 14.2. The third-order valence-electron chi connectivity index (χ3n) is 8.21. The van der Waals surface area contributed by atoms with Crippen molar-refractivity contribution >= 4 is 17.7 Å². The van der Waals surface area contributed by atoms with Crippen LogP contribution in [-0.2, 0) is 22.6 Å². The van der Waals surface area contributed by atoms with Gasteiger partial charge in [0.15, 0.2) is 35.8 Å². The van der Waals surface area contributed by atoms with E-state index in [2.05, 4.69) is 5.32 Å². The van der Waals surface area contributed by atoms with Gasteiger partial charge in [0.1, 0.15) is 5.56 Å². The molecule has 0 bridgehead atoms. The molecular weight excluding hydrogens is 679 g/mol. The molecule has 0 unspecified atom stereocenters. The lowest BCUT2D eigenvalue weighted by Crippen LogP contribution is -2.32. The number of aliphatic hydroxyl groups is 1. The average molecular weight is 709 g/mol. The van der Waals surface area contributed by atoms with Gasteiger partial charge in [0.05, 0.1) is 18.8 Å². The summed E-state index contributed by atoms with van der Waals surface area (Å²) in [7, 11) is 0. The topological polar surface area (TPSA) is 94.7 Å². The number of benzene rings is 4. The summed E-state index contributed by atoms with van der Waals surface area (Å²) in [5.74, 6) is -12.2. The van der Waals surface area contributed by atoms with E-state index in [1.165, 1.54) is 18.0 Å². The molecule has 1 aliphatic heterocycles. The van der Waals surface area contributed by atoms with Crippen LogP contribution in [0.4, 0.5) is 22.0 Å². The summed E-state index contributed by atoms with van der Waals surface area (Å²) in [6.45, 7) is -0.359. The first-order valence-corrected chi connectivity index (χ1v) is 16.4. The lowest BCUT2D eigenvalue weighted by molar-refractivity contribution is -0.645. The highest BCUT2D eigenvalue weighted by atomic mass is 32.2. The molecule has 5 aromatic rings. The number of carbonyl (C=O) groups excluding carboxylic acids is 1. The molecule has 3 atom stereocenters. The second-order valence-corrected chi connectivity index (χ2v) is 12.5. The second-order valence-electron chi connectivity index (χ2n) is 11.4. The number of pyridine rings is 1. The number of thioether (sulfide) groups is 1. The molecule has 0 aliphatic carbocycles. The van der Waals surface area contributed by atoms with Crippen LogP contribution in [0, 0.1) is 34.3 Å². The highest BCUT2D eigenvalue weighted by molar-refractivity contribution is 7.99. The Morgan fingerprint density at radius 3 is 2.14 bits per heavy atom. The number of hydrogen-bond donors (Lipinski definition) is 2. The van der Waals surface area contributed by atoms with Gasteiger partial charge in [-0.05, 0) is 33.9 Å². The lowest BCUT2D eigenvalue weighted by atomic mass is 9.97. The first-order valence-electron chi connectivity index (χ1n) is 15.4. The fourth-order valence-electron chi connectivity index (χ4n) is 5.57. The molecule has 1 aliphatic rings. The Hall–Kier alpha value is -4.82. The maximum Gasteiger partial charge on any atom is 0.257 e. The largest absolute Gasteiger partial charge is 0.618 e. The minimum Gasteiger partial charge on any atom is -0.618 e. The summed E-state index contributed by atoms with van der Waals surface area (Å²) in [6.07, 6.45) is 0.558. The molecule has 1 fully saturated rings. The molecule has 0 spiro atoms. The summed E-state index contributed by atoms with van der Waals surface area (Å²) >= 11 is 1.38. The monoisotopic (exact) mass is 708 g/mol. The fourth-order valence-corrected chi connectivity index (χ4v) is 6.50. The van der Waals surface area contributed by atoms with E-state index < -0.39 is 46.8 Å². The number of aromatic nitrogens is 1. The minimum atomic E-state index is -2.35. The van der Waals surface area contributed by atoms with Crippen LogP contribution in [0.3, 0.4) is 0 Å². The highest BCUT2D eigenvalue weighted by Gasteiger charge is 2.33. The Bertz CT molecular complexity index is 1970. The Morgan fingerprint density at radius 2 is 1.46 bits per heavy atom. The lowest BCUT2D eigenvalue weighted by Gasteiger charge is -2.36. The van der Waals surface area contributed by atoms with E-state index in [9.17, 15) is 37.1 Å². The van der Waals surface area contributed by atoms with E-state index in [0.717, 1.165) is 15.9 Å². The van der Waals surface area contributed by atoms with Crippen LogP contribution < -0.4 is 10.0 Å². The molecule has 1 amide bonds. The first-order chi connectivity index (χ1) is 24.1. The zero-order chi connectivity index (χ0) is 35.4. The van der Waals surface area contributed by atoms with Gasteiger partial charge >= 0.3 is 0 Å². The minimum absolute atomic E-state index is 0.0871. The Labute approximate surface area is 287 Å². The molecule has 2 heterocycles. The van der Waals surface area contributed by atoms with Crippen molar-refractivity contribution in [1.82, 2.24) is 5.32 Å². The van der Waals surface area contributed by atoms with Crippen molar-refractivity contribution in [2.75, 3.05) is 5.75 Å². The normalized spacial score (nSPS) is 17.4. The van der Waals surface area contributed by atoms with E-state index in [4.69, 9.17) is 9.47 Å². The van der Waals surface area contributed by atoms with Gasteiger partial charge < -0.3 is 25.1 Å². The quantitative estimate of drug-likeness (QED) is 0.0391. The molecule has 6 rings (SSSR count). The summed E-state index contributed by atoms with van der Waals surface area (Å²) in [6, 6.07) is 26.7. The zero-order valence-electron chi connectivity index (χ0n) is 26.1. The van der Waals surface area contributed by atoms with Gasteiger partial charge in [-0.15, -0.1) is 0 Å². The third kappa shape index (κ3) is 7.50. The first kappa shape index (κ1) is 35.0. The molecule has 7 nitrogen and oxygen atoms in total. The van der Waals surface area contributed by atoms with Crippen LogP contribution in [0.25, 0.3) is 11.1 Å². The van der Waals surface area contributed by atoms with Crippen molar-refractivity contribution in [2.24, 2.45) is 0 Å². The van der Waals surface area contributed by atoms with Crippen molar-refractivity contribution in [3.8, 4) is 11.1 Å². The van der Waals surface area contributed by atoms with Gasteiger partial charge in [-0.1, -0.05) is 84.6 Å². The van der Waals surface area contributed by atoms with E-state index in [1.54, 1.807) is 54.6 Å². The van der Waals surface area contributed by atoms with Crippen LogP contribution >= 0.6 is 11.8 Å².